The van der Waals surface area contributed by atoms with E-state index in [1.54, 1.807) is 33.2 Å². The number of carbonyl (C=O) groups excluding carboxylic acids is 2. The standard InChI is InChI=1S/C15H23N3O3/c1-17(2)15(20)11-18(3)10-14(19)16-9-12-5-7-13(21-4)8-6-12/h5-8H,9-11H2,1-4H3,(H,16,19). The summed E-state index contributed by atoms with van der Waals surface area (Å²) >= 11 is 0. The fraction of sp³-hybridized carbons (Fsp3) is 0.467. The van der Waals surface area contributed by atoms with Crippen LogP contribution in [-0.4, -0.2) is 63.0 Å². The number of rotatable bonds is 7. The van der Waals surface area contributed by atoms with Crippen LogP contribution in [0, 0.1) is 0 Å². The molecule has 2 amide bonds. The molecule has 6 heteroatoms. The molecule has 0 aliphatic carbocycles. The van der Waals surface area contributed by atoms with E-state index in [0.29, 0.717) is 6.54 Å². The topological polar surface area (TPSA) is 61.9 Å². The van der Waals surface area contributed by atoms with Gasteiger partial charge in [-0.2, -0.15) is 0 Å². The summed E-state index contributed by atoms with van der Waals surface area (Å²) in [6.45, 7) is 0.872. The molecule has 6 nitrogen and oxygen atoms in total. The molecule has 0 bridgehead atoms. The molecule has 0 aliphatic rings. The number of methoxy groups -OCH3 is 1. The maximum absolute atomic E-state index is 11.8. The van der Waals surface area contributed by atoms with Gasteiger partial charge < -0.3 is 15.0 Å². The quantitative estimate of drug-likeness (QED) is 0.787. The molecular formula is C15H23N3O3. The SMILES string of the molecule is COc1ccc(CNC(=O)CN(C)CC(=O)N(C)C)cc1. The van der Waals surface area contributed by atoms with Crippen LogP contribution in [0.5, 0.6) is 5.75 Å². The highest BCUT2D eigenvalue weighted by Crippen LogP contribution is 2.10. The Morgan fingerprint density at radius 1 is 1.10 bits per heavy atom. The molecule has 0 radical (unpaired) electrons. The predicted octanol–water partition coefficient (Wildman–Crippen LogP) is 0.331. The molecule has 0 saturated heterocycles. The lowest BCUT2D eigenvalue weighted by Gasteiger charge is -2.18. The van der Waals surface area contributed by atoms with Crippen LogP contribution in [-0.2, 0) is 16.1 Å². The Labute approximate surface area is 125 Å². The first-order valence-corrected chi connectivity index (χ1v) is 6.70. The van der Waals surface area contributed by atoms with Crippen LogP contribution in [0.1, 0.15) is 5.56 Å². The molecule has 1 N–H and O–H groups in total. The molecule has 0 saturated carbocycles. The van der Waals surface area contributed by atoms with Gasteiger partial charge in [0.05, 0.1) is 20.2 Å². The van der Waals surface area contributed by atoms with Crippen LogP contribution in [0.4, 0.5) is 0 Å². The van der Waals surface area contributed by atoms with Crippen LogP contribution < -0.4 is 10.1 Å². The van der Waals surface area contributed by atoms with E-state index in [4.69, 9.17) is 4.74 Å². The number of ether oxygens (including phenoxy) is 1. The van der Waals surface area contributed by atoms with Crippen molar-refractivity contribution in [3.63, 3.8) is 0 Å². The third-order valence-corrected chi connectivity index (χ3v) is 2.97. The molecule has 0 aromatic heterocycles. The zero-order chi connectivity index (χ0) is 15.8. The van der Waals surface area contributed by atoms with Crippen molar-refractivity contribution in [2.24, 2.45) is 0 Å². The fourth-order valence-electron chi connectivity index (χ4n) is 1.67. The Morgan fingerprint density at radius 3 is 2.24 bits per heavy atom. The summed E-state index contributed by atoms with van der Waals surface area (Å²) in [6.07, 6.45) is 0. The number of hydrogen-bond donors (Lipinski definition) is 1. The number of nitrogens with one attached hydrogen (secondary N) is 1. The van der Waals surface area contributed by atoms with Gasteiger partial charge in [-0.05, 0) is 24.7 Å². The van der Waals surface area contributed by atoms with Crippen molar-refractivity contribution < 1.29 is 14.3 Å². The van der Waals surface area contributed by atoms with Crippen molar-refractivity contribution in [1.82, 2.24) is 15.1 Å². The highest BCUT2D eigenvalue weighted by molar-refractivity contribution is 5.80. The van der Waals surface area contributed by atoms with Gasteiger partial charge in [0, 0.05) is 20.6 Å². The average Bonchev–Trinajstić information content (AvgIpc) is 2.45. The first-order chi connectivity index (χ1) is 9.92. The van der Waals surface area contributed by atoms with Gasteiger partial charge in [0.25, 0.3) is 0 Å². The molecule has 0 atom stereocenters. The van der Waals surface area contributed by atoms with E-state index in [9.17, 15) is 9.59 Å². The van der Waals surface area contributed by atoms with E-state index in [1.165, 1.54) is 4.90 Å². The highest BCUT2D eigenvalue weighted by Gasteiger charge is 2.11. The van der Waals surface area contributed by atoms with Crippen molar-refractivity contribution in [2.75, 3.05) is 41.3 Å². The van der Waals surface area contributed by atoms with E-state index in [1.807, 2.05) is 24.3 Å². The second-order valence-corrected chi connectivity index (χ2v) is 5.09. The molecule has 1 aromatic rings. The Kier molecular flexibility index (Phi) is 6.68. The third-order valence-electron chi connectivity index (χ3n) is 2.97. The molecule has 0 aliphatic heterocycles. The summed E-state index contributed by atoms with van der Waals surface area (Å²) in [5, 5.41) is 2.82. The monoisotopic (exact) mass is 293 g/mol. The molecule has 1 aromatic carbocycles. The van der Waals surface area contributed by atoms with Crippen molar-refractivity contribution in [3.05, 3.63) is 29.8 Å². The first kappa shape index (κ1) is 17.0. The van der Waals surface area contributed by atoms with E-state index >= 15 is 0 Å². The van der Waals surface area contributed by atoms with Gasteiger partial charge in [0.2, 0.25) is 11.8 Å². The highest BCUT2D eigenvalue weighted by atomic mass is 16.5. The van der Waals surface area contributed by atoms with Crippen LogP contribution in [0.2, 0.25) is 0 Å². The molecule has 116 valence electrons. The summed E-state index contributed by atoms with van der Waals surface area (Å²) in [4.78, 5) is 26.5. The summed E-state index contributed by atoms with van der Waals surface area (Å²) < 4.78 is 5.07. The van der Waals surface area contributed by atoms with Gasteiger partial charge in [-0.3, -0.25) is 14.5 Å². The van der Waals surface area contributed by atoms with E-state index in [-0.39, 0.29) is 24.9 Å². The minimum atomic E-state index is -0.111. The van der Waals surface area contributed by atoms with Crippen LogP contribution >= 0.6 is 0 Å². The Morgan fingerprint density at radius 2 is 1.71 bits per heavy atom. The maximum atomic E-state index is 11.8. The molecule has 0 unspecified atom stereocenters. The number of likely N-dealkylation sites (N-methyl/N-ethyl adjacent to an activating group) is 2. The Bertz CT molecular complexity index is 472. The second-order valence-electron chi connectivity index (χ2n) is 5.09. The second kappa shape index (κ2) is 8.26. The lowest BCUT2D eigenvalue weighted by atomic mass is 10.2. The van der Waals surface area contributed by atoms with Gasteiger partial charge in [-0.25, -0.2) is 0 Å². The van der Waals surface area contributed by atoms with Crippen LogP contribution in [0.25, 0.3) is 0 Å². The van der Waals surface area contributed by atoms with Gasteiger partial charge in [-0.1, -0.05) is 12.1 Å². The Balaban J connectivity index is 2.34. The van der Waals surface area contributed by atoms with E-state index in [0.717, 1.165) is 11.3 Å². The van der Waals surface area contributed by atoms with Gasteiger partial charge in [-0.15, -0.1) is 0 Å². The minimum Gasteiger partial charge on any atom is -0.497 e. The molecule has 0 spiro atoms. The van der Waals surface area contributed by atoms with Crippen molar-refractivity contribution >= 4 is 11.8 Å². The number of nitrogens with zero attached hydrogens (tertiary/aromatic N) is 2. The van der Waals surface area contributed by atoms with Crippen LogP contribution in [0.15, 0.2) is 24.3 Å². The summed E-state index contributed by atoms with van der Waals surface area (Å²) in [7, 11) is 6.75. The first-order valence-electron chi connectivity index (χ1n) is 6.70. The summed E-state index contributed by atoms with van der Waals surface area (Å²) in [6, 6.07) is 7.50. The van der Waals surface area contributed by atoms with Crippen molar-refractivity contribution in [2.45, 2.75) is 6.54 Å². The van der Waals surface area contributed by atoms with E-state index in [2.05, 4.69) is 5.32 Å². The van der Waals surface area contributed by atoms with Crippen molar-refractivity contribution in [1.29, 1.82) is 0 Å². The molecular weight excluding hydrogens is 270 g/mol. The number of benzene rings is 1. The molecule has 0 heterocycles. The van der Waals surface area contributed by atoms with Gasteiger partial charge >= 0.3 is 0 Å². The van der Waals surface area contributed by atoms with Gasteiger partial charge in [0.1, 0.15) is 5.75 Å². The predicted molar refractivity (Wildman–Crippen MR) is 81.0 cm³/mol. The maximum Gasteiger partial charge on any atom is 0.236 e. The average molecular weight is 293 g/mol. The lowest BCUT2D eigenvalue weighted by Crippen LogP contribution is -2.40. The fourth-order valence-corrected chi connectivity index (χ4v) is 1.67. The summed E-state index contributed by atoms with van der Waals surface area (Å²) in [5.74, 6) is 0.646. The number of hydrogen-bond acceptors (Lipinski definition) is 4. The lowest BCUT2D eigenvalue weighted by molar-refractivity contribution is -0.130. The molecule has 1 rings (SSSR count). The van der Waals surface area contributed by atoms with E-state index < -0.39 is 0 Å². The zero-order valence-electron chi connectivity index (χ0n) is 13.0. The van der Waals surface area contributed by atoms with Crippen LogP contribution in [0.3, 0.4) is 0 Å². The number of carbonyl (C=O) groups is 2. The normalized spacial score (nSPS) is 10.3. The number of amides is 2. The van der Waals surface area contributed by atoms with Gasteiger partial charge in [0.15, 0.2) is 0 Å². The third kappa shape index (κ3) is 6.27. The molecule has 0 fully saturated rings. The minimum absolute atomic E-state index is 0.0274. The zero-order valence-corrected chi connectivity index (χ0v) is 13.0. The Hall–Kier alpha value is -2.08. The van der Waals surface area contributed by atoms with Crippen molar-refractivity contribution in [3.8, 4) is 5.75 Å². The smallest absolute Gasteiger partial charge is 0.236 e. The largest absolute Gasteiger partial charge is 0.497 e. The molecule has 21 heavy (non-hydrogen) atoms. The summed E-state index contributed by atoms with van der Waals surface area (Å²) in [5.41, 5.74) is 0.996.